The Balaban J connectivity index is 1.77. The summed E-state index contributed by atoms with van der Waals surface area (Å²) in [5.41, 5.74) is 2.13. The van der Waals surface area contributed by atoms with Crippen LogP contribution in [-0.4, -0.2) is 36.3 Å². The molecule has 0 aliphatic rings. The predicted molar refractivity (Wildman–Crippen MR) is 106 cm³/mol. The van der Waals surface area contributed by atoms with Crippen molar-refractivity contribution in [3.8, 4) is 0 Å². The van der Waals surface area contributed by atoms with Gasteiger partial charge in [0.25, 0.3) is 0 Å². The van der Waals surface area contributed by atoms with Gasteiger partial charge in [0.15, 0.2) is 0 Å². The highest BCUT2D eigenvalue weighted by Crippen LogP contribution is 2.12. The highest BCUT2D eigenvalue weighted by molar-refractivity contribution is 6.30. The Morgan fingerprint density at radius 1 is 0.962 bits per heavy atom. The van der Waals surface area contributed by atoms with Crippen LogP contribution < -0.4 is 5.32 Å². The molecule has 4 nitrogen and oxygen atoms in total. The van der Waals surface area contributed by atoms with Gasteiger partial charge in [0.2, 0.25) is 11.8 Å². The summed E-state index contributed by atoms with van der Waals surface area (Å²) in [6.07, 6.45) is 1.36. The Morgan fingerprint density at radius 2 is 1.69 bits per heavy atom. The van der Waals surface area contributed by atoms with E-state index in [9.17, 15) is 9.59 Å². The topological polar surface area (TPSA) is 49.4 Å². The third kappa shape index (κ3) is 7.06. The van der Waals surface area contributed by atoms with E-state index in [0.717, 1.165) is 11.1 Å². The lowest BCUT2D eigenvalue weighted by Gasteiger charge is -2.20. The van der Waals surface area contributed by atoms with Gasteiger partial charge in [0.1, 0.15) is 0 Å². The van der Waals surface area contributed by atoms with Crippen LogP contribution in [0.2, 0.25) is 10.0 Å². The summed E-state index contributed by atoms with van der Waals surface area (Å²) in [6, 6.07) is 15.0. The molecule has 0 unspecified atom stereocenters. The highest BCUT2D eigenvalue weighted by Gasteiger charge is 2.13. The molecule has 6 heteroatoms. The maximum atomic E-state index is 12.1. The summed E-state index contributed by atoms with van der Waals surface area (Å²) in [6.45, 7) is 2.51. The Kier molecular flexibility index (Phi) is 7.95. The summed E-state index contributed by atoms with van der Waals surface area (Å²) < 4.78 is 0. The molecular weight excluding hydrogens is 371 g/mol. The fourth-order valence-corrected chi connectivity index (χ4v) is 2.87. The van der Waals surface area contributed by atoms with Crippen LogP contribution in [0.25, 0.3) is 0 Å². The number of amides is 2. The molecule has 0 atom stereocenters. The van der Waals surface area contributed by atoms with Gasteiger partial charge in [0.05, 0.1) is 6.54 Å². The molecule has 0 fully saturated rings. The highest BCUT2D eigenvalue weighted by atomic mass is 35.5. The van der Waals surface area contributed by atoms with Gasteiger partial charge in [-0.2, -0.15) is 0 Å². The molecule has 0 aliphatic carbocycles. The van der Waals surface area contributed by atoms with E-state index in [2.05, 4.69) is 5.32 Å². The molecule has 0 aliphatic heterocycles. The first kappa shape index (κ1) is 20.3. The molecule has 0 heterocycles. The zero-order valence-corrected chi connectivity index (χ0v) is 16.2. The van der Waals surface area contributed by atoms with E-state index in [1.165, 1.54) is 6.92 Å². The minimum atomic E-state index is -0.166. The van der Waals surface area contributed by atoms with Crippen LogP contribution in [-0.2, 0) is 22.4 Å². The molecular formula is C20H22Cl2N2O2. The zero-order valence-electron chi connectivity index (χ0n) is 14.7. The van der Waals surface area contributed by atoms with Gasteiger partial charge in [-0.15, -0.1) is 0 Å². The second-order valence-electron chi connectivity index (χ2n) is 6.05. The van der Waals surface area contributed by atoms with Crippen LogP contribution in [0, 0.1) is 0 Å². The first-order chi connectivity index (χ1) is 12.4. The number of hydrogen-bond acceptors (Lipinski definition) is 2. The quantitative estimate of drug-likeness (QED) is 0.743. The van der Waals surface area contributed by atoms with Gasteiger partial charge in [0, 0.05) is 30.1 Å². The van der Waals surface area contributed by atoms with Crippen molar-refractivity contribution >= 4 is 35.0 Å². The van der Waals surface area contributed by atoms with E-state index in [1.54, 1.807) is 4.90 Å². The van der Waals surface area contributed by atoms with Crippen molar-refractivity contribution in [1.82, 2.24) is 10.2 Å². The normalized spacial score (nSPS) is 10.4. The van der Waals surface area contributed by atoms with Gasteiger partial charge in [-0.05, 0) is 48.2 Å². The number of carbonyl (C=O) groups excluding carboxylic acids is 2. The number of carbonyl (C=O) groups is 2. The molecule has 0 aromatic heterocycles. The van der Waals surface area contributed by atoms with Crippen molar-refractivity contribution in [2.45, 2.75) is 19.8 Å². The molecule has 2 amide bonds. The number of hydrogen-bond donors (Lipinski definition) is 1. The second kappa shape index (κ2) is 10.2. The third-order valence-electron chi connectivity index (χ3n) is 3.99. The molecule has 2 aromatic rings. The van der Waals surface area contributed by atoms with Crippen LogP contribution in [0.15, 0.2) is 48.5 Å². The van der Waals surface area contributed by atoms with Crippen LogP contribution in [0.4, 0.5) is 0 Å². The maximum Gasteiger partial charge on any atom is 0.239 e. The minimum Gasteiger partial charge on any atom is -0.354 e. The van der Waals surface area contributed by atoms with Crippen molar-refractivity contribution in [2.75, 3.05) is 19.6 Å². The van der Waals surface area contributed by atoms with Gasteiger partial charge in [-0.1, -0.05) is 47.5 Å². The van der Waals surface area contributed by atoms with E-state index < -0.39 is 0 Å². The van der Waals surface area contributed by atoms with Crippen LogP contribution in [0.1, 0.15) is 18.1 Å². The summed E-state index contributed by atoms with van der Waals surface area (Å²) >= 11 is 11.8. The standard InChI is InChI=1S/C20H22Cl2N2O2/c1-15(25)24(12-10-17-3-2-4-19(22)13-17)14-20(26)23-11-9-16-5-7-18(21)8-6-16/h2-8,13H,9-12,14H2,1H3,(H,23,26). The van der Waals surface area contributed by atoms with E-state index in [-0.39, 0.29) is 18.4 Å². The van der Waals surface area contributed by atoms with E-state index >= 15 is 0 Å². The van der Waals surface area contributed by atoms with Crippen LogP contribution in [0.5, 0.6) is 0 Å². The molecule has 0 saturated carbocycles. The fraction of sp³-hybridized carbons (Fsp3) is 0.300. The summed E-state index contributed by atoms with van der Waals surface area (Å²) in [5, 5.41) is 4.20. The Labute approximate surface area is 164 Å². The average Bonchev–Trinajstić information content (AvgIpc) is 2.60. The fourth-order valence-electron chi connectivity index (χ4n) is 2.53. The minimum absolute atomic E-state index is 0.0521. The number of benzene rings is 2. The van der Waals surface area contributed by atoms with Crippen molar-refractivity contribution in [2.24, 2.45) is 0 Å². The van der Waals surface area contributed by atoms with Gasteiger partial charge in [-0.25, -0.2) is 0 Å². The Hall–Kier alpha value is -2.04. The molecule has 138 valence electrons. The molecule has 0 radical (unpaired) electrons. The molecule has 0 saturated heterocycles. The lowest BCUT2D eigenvalue weighted by molar-refractivity contribution is -0.134. The van der Waals surface area contributed by atoms with E-state index in [1.807, 2.05) is 48.5 Å². The monoisotopic (exact) mass is 392 g/mol. The number of nitrogens with one attached hydrogen (secondary N) is 1. The van der Waals surface area contributed by atoms with E-state index in [0.29, 0.717) is 36.0 Å². The van der Waals surface area contributed by atoms with Crippen LogP contribution >= 0.6 is 23.2 Å². The van der Waals surface area contributed by atoms with Crippen molar-refractivity contribution < 1.29 is 9.59 Å². The largest absolute Gasteiger partial charge is 0.354 e. The first-order valence-electron chi connectivity index (χ1n) is 8.45. The molecule has 1 N–H and O–H groups in total. The third-order valence-corrected chi connectivity index (χ3v) is 4.48. The average molecular weight is 393 g/mol. The summed E-state index contributed by atoms with van der Waals surface area (Å²) in [4.78, 5) is 25.5. The second-order valence-corrected chi connectivity index (χ2v) is 6.92. The Morgan fingerprint density at radius 3 is 2.35 bits per heavy atom. The SMILES string of the molecule is CC(=O)N(CCc1cccc(Cl)c1)CC(=O)NCCc1ccc(Cl)cc1. The van der Waals surface area contributed by atoms with Crippen molar-refractivity contribution in [3.05, 3.63) is 69.7 Å². The first-order valence-corrected chi connectivity index (χ1v) is 9.21. The van der Waals surface area contributed by atoms with Gasteiger partial charge >= 0.3 is 0 Å². The van der Waals surface area contributed by atoms with Crippen LogP contribution in [0.3, 0.4) is 0 Å². The number of rotatable bonds is 8. The maximum absolute atomic E-state index is 12.1. The zero-order chi connectivity index (χ0) is 18.9. The summed E-state index contributed by atoms with van der Waals surface area (Å²) in [5.74, 6) is -0.292. The van der Waals surface area contributed by atoms with Gasteiger partial charge < -0.3 is 10.2 Å². The Bertz CT molecular complexity index is 748. The smallest absolute Gasteiger partial charge is 0.239 e. The lowest BCUT2D eigenvalue weighted by Crippen LogP contribution is -2.41. The molecule has 0 bridgehead atoms. The molecule has 26 heavy (non-hydrogen) atoms. The van der Waals surface area contributed by atoms with Gasteiger partial charge in [-0.3, -0.25) is 9.59 Å². The number of nitrogens with zero attached hydrogens (tertiary/aromatic N) is 1. The predicted octanol–water partition coefficient (Wildman–Crippen LogP) is 3.74. The van der Waals surface area contributed by atoms with E-state index in [4.69, 9.17) is 23.2 Å². The molecule has 2 aromatic carbocycles. The number of halogens is 2. The van der Waals surface area contributed by atoms with Crippen molar-refractivity contribution in [1.29, 1.82) is 0 Å². The van der Waals surface area contributed by atoms with Crippen molar-refractivity contribution in [3.63, 3.8) is 0 Å². The summed E-state index contributed by atoms with van der Waals surface area (Å²) in [7, 11) is 0. The lowest BCUT2D eigenvalue weighted by atomic mass is 10.1. The molecule has 0 spiro atoms. The molecule has 2 rings (SSSR count).